The van der Waals surface area contributed by atoms with E-state index in [1.54, 1.807) is 72.8 Å². The maximum atomic E-state index is 12.6. The van der Waals surface area contributed by atoms with Crippen LogP contribution in [0.1, 0.15) is 47.8 Å². The number of ether oxygens (including phenoxy) is 2. The van der Waals surface area contributed by atoms with E-state index in [4.69, 9.17) is 9.47 Å². The van der Waals surface area contributed by atoms with Crippen molar-refractivity contribution in [2.45, 2.75) is 13.8 Å². The van der Waals surface area contributed by atoms with Gasteiger partial charge in [-0.1, -0.05) is 41.5 Å². The summed E-state index contributed by atoms with van der Waals surface area (Å²) in [6.45, 7) is 3.84. The molecule has 0 saturated carbocycles. The van der Waals surface area contributed by atoms with Crippen molar-refractivity contribution in [2.75, 3.05) is 12.4 Å². The summed E-state index contributed by atoms with van der Waals surface area (Å²) in [6, 6.07) is 25.8. The highest BCUT2D eigenvalue weighted by molar-refractivity contribution is 6.05. The van der Waals surface area contributed by atoms with E-state index in [9.17, 15) is 14.4 Å². The average Bonchev–Trinajstić information content (AvgIpc) is 2.94. The number of nitrogens with one attached hydrogen (secondary N) is 2. The summed E-state index contributed by atoms with van der Waals surface area (Å²) in [5, 5.41) is 6.80. The number of anilines is 1. The van der Waals surface area contributed by atoms with Crippen LogP contribution in [-0.2, 0) is 0 Å². The number of hydrogen-bond acceptors (Lipinski definition) is 6. The van der Waals surface area contributed by atoms with Crippen LogP contribution in [-0.4, -0.2) is 31.1 Å². The minimum Gasteiger partial charge on any atom is -0.493 e. The molecule has 39 heavy (non-hydrogen) atoms. The van der Waals surface area contributed by atoms with E-state index in [0.29, 0.717) is 33.7 Å². The lowest BCUT2D eigenvalue weighted by molar-refractivity contribution is 0.0729. The number of hydrazone groups is 1. The third-order valence-electron chi connectivity index (χ3n) is 5.72. The standard InChI is InChI=1S/C31H27N3O5/c1-20-10-13-23(14-11-20)29(35)33-26-9-5-7-24(18-26)30(36)34-32-19-22-12-15-27(28(17-22)38-3)39-31(37)25-8-4-6-21(2)16-25/h4-19H,1-3H3,(H,33,35)(H,34,36). The third kappa shape index (κ3) is 7.17. The van der Waals surface area contributed by atoms with Gasteiger partial charge >= 0.3 is 5.97 Å². The second-order valence-corrected chi connectivity index (χ2v) is 8.77. The van der Waals surface area contributed by atoms with Crippen LogP contribution in [0.15, 0.2) is 96.1 Å². The highest BCUT2D eigenvalue weighted by Gasteiger charge is 2.13. The monoisotopic (exact) mass is 521 g/mol. The van der Waals surface area contributed by atoms with Gasteiger partial charge in [0.15, 0.2) is 11.5 Å². The Balaban J connectivity index is 1.37. The topological polar surface area (TPSA) is 106 Å². The number of amides is 2. The predicted octanol–water partition coefficient (Wildman–Crippen LogP) is 5.55. The molecule has 0 aliphatic rings. The number of rotatable bonds is 8. The normalized spacial score (nSPS) is 10.6. The summed E-state index contributed by atoms with van der Waals surface area (Å²) in [7, 11) is 1.46. The van der Waals surface area contributed by atoms with Crippen molar-refractivity contribution in [1.82, 2.24) is 5.43 Å². The highest BCUT2D eigenvalue weighted by Crippen LogP contribution is 2.28. The molecule has 0 spiro atoms. The quantitative estimate of drug-likeness (QED) is 0.137. The van der Waals surface area contributed by atoms with E-state index >= 15 is 0 Å². The van der Waals surface area contributed by atoms with Gasteiger partial charge in [0.1, 0.15) is 0 Å². The van der Waals surface area contributed by atoms with Gasteiger partial charge in [0.25, 0.3) is 11.8 Å². The van der Waals surface area contributed by atoms with Crippen LogP contribution in [0, 0.1) is 13.8 Å². The van der Waals surface area contributed by atoms with Gasteiger partial charge in [-0.2, -0.15) is 5.10 Å². The van der Waals surface area contributed by atoms with Crippen molar-refractivity contribution in [3.8, 4) is 11.5 Å². The van der Waals surface area contributed by atoms with E-state index < -0.39 is 11.9 Å². The highest BCUT2D eigenvalue weighted by atomic mass is 16.6. The number of nitrogens with zero attached hydrogens (tertiary/aromatic N) is 1. The Labute approximate surface area is 226 Å². The fourth-order valence-electron chi connectivity index (χ4n) is 3.66. The van der Waals surface area contributed by atoms with E-state index in [2.05, 4.69) is 15.8 Å². The Morgan fingerprint density at radius 3 is 2.21 bits per heavy atom. The van der Waals surface area contributed by atoms with Crippen LogP contribution in [0.2, 0.25) is 0 Å². The van der Waals surface area contributed by atoms with Gasteiger partial charge in [-0.05, 0) is 80.1 Å². The van der Waals surface area contributed by atoms with Crippen LogP contribution in [0.5, 0.6) is 11.5 Å². The molecule has 4 rings (SSSR count). The molecule has 8 heteroatoms. The number of aryl methyl sites for hydroxylation is 2. The number of benzene rings is 4. The van der Waals surface area contributed by atoms with Crippen molar-refractivity contribution >= 4 is 29.7 Å². The van der Waals surface area contributed by atoms with Gasteiger partial charge < -0.3 is 14.8 Å². The molecule has 0 bridgehead atoms. The molecule has 0 unspecified atom stereocenters. The Morgan fingerprint density at radius 1 is 0.718 bits per heavy atom. The van der Waals surface area contributed by atoms with Crippen molar-refractivity contribution < 1.29 is 23.9 Å². The lowest BCUT2D eigenvalue weighted by Gasteiger charge is -2.10. The molecule has 2 N–H and O–H groups in total. The molecule has 0 aliphatic heterocycles. The molecular weight excluding hydrogens is 494 g/mol. The van der Waals surface area contributed by atoms with E-state index in [0.717, 1.165) is 11.1 Å². The first kappa shape index (κ1) is 26.8. The minimum absolute atomic E-state index is 0.259. The molecule has 0 aliphatic carbocycles. The van der Waals surface area contributed by atoms with E-state index in [1.807, 2.05) is 32.0 Å². The van der Waals surface area contributed by atoms with Crippen LogP contribution in [0.25, 0.3) is 0 Å². The maximum Gasteiger partial charge on any atom is 0.343 e. The lowest BCUT2D eigenvalue weighted by Crippen LogP contribution is -2.18. The molecule has 0 aromatic heterocycles. The fraction of sp³-hybridized carbons (Fsp3) is 0.0968. The molecule has 8 nitrogen and oxygen atoms in total. The van der Waals surface area contributed by atoms with Crippen LogP contribution < -0.4 is 20.2 Å². The first-order valence-electron chi connectivity index (χ1n) is 12.1. The summed E-state index contributed by atoms with van der Waals surface area (Å²) < 4.78 is 10.9. The molecule has 0 atom stereocenters. The van der Waals surface area contributed by atoms with Crippen LogP contribution >= 0.6 is 0 Å². The number of hydrogen-bond donors (Lipinski definition) is 2. The summed E-state index contributed by atoms with van der Waals surface area (Å²) in [5.74, 6) is -0.623. The number of esters is 1. The van der Waals surface area contributed by atoms with Gasteiger partial charge in [0, 0.05) is 16.8 Å². The van der Waals surface area contributed by atoms with Crippen molar-refractivity contribution in [1.29, 1.82) is 0 Å². The molecule has 0 radical (unpaired) electrons. The first-order valence-corrected chi connectivity index (χ1v) is 12.1. The summed E-state index contributed by atoms with van der Waals surface area (Å²) in [5.41, 5.74) is 6.85. The summed E-state index contributed by atoms with van der Waals surface area (Å²) in [4.78, 5) is 37.6. The molecule has 0 heterocycles. The molecule has 196 valence electrons. The zero-order valence-electron chi connectivity index (χ0n) is 21.7. The number of carbonyl (C=O) groups is 3. The zero-order chi connectivity index (χ0) is 27.8. The Morgan fingerprint density at radius 2 is 1.46 bits per heavy atom. The van der Waals surface area contributed by atoms with Crippen LogP contribution in [0.3, 0.4) is 0 Å². The van der Waals surface area contributed by atoms with Gasteiger partial charge in [-0.15, -0.1) is 0 Å². The Bertz CT molecular complexity index is 1540. The summed E-state index contributed by atoms with van der Waals surface area (Å²) >= 11 is 0. The second kappa shape index (κ2) is 12.3. The smallest absolute Gasteiger partial charge is 0.343 e. The first-order chi connectivity index (χ1) is 18.8. The molecule has 0 saturated heterocycles. The SMILES string of the molecule is COc1cc(C=NNC(=O)c2cccc(NC(=O)c3ccc(C)cc3)c2)ccc1OC(=O)c1cccc(C)c1. The zero-order valence-corrected chi connectivity index (χ0v) is 21.7. The van der Waals surface area contributed by atoms with Crippen molar-refractivity contribution in [2.24, 2.45) is 5.10 Å². The van der Waals surface area contributed by atoms with Crippen LogP contribution in [0.4, 0.5) is 5.69 Å². The van der Waals surface area contributed by atoms with Crippen molar-refractivity contribution in [3.63, 3.8) is 0 Å². The Kier molecular flexibility index (Phi) is 8.48. The molecule has 0 fully saturated rings. The largest absolute Gasteiger partial charge is 0.493 e. The molecule has 2 amide bonds. The number of methoxy groups -OCH3 is 1. The van der Waals surface area contributed by atoms with Gasteiger partial charge in [-0.3, -0.25) is 9.59 Å². The van der Waals surface area contributed by atoms with E-state index in [-0.39, 0.29) is 11.7 Å². The Hall–Kier alpha value is -5.24. The third-order valence-corrected chi connectivity index (χ3v) is 5.72. The van der Waals surface area contributed by atoms with Gasteiger partial charge in [0.05, 0.1) is 18.9 Å². The maximum absolute atomic E-state index is 12.6. The number of carbonyl (C=O) groups excluding carboxylic acids is 3. The molecule has 4 aromatic carbocycles. The van der Waals surface area contributed by atoms with E-state index in [1.165, 1.54) is 13.3 Å². The molecular formula is C31H27N3O5. The second-order valence-electron chi connectivity index (χ2n) is 8.77. The van der Waals surface area contributed by atoms with Crippen molar-refractivity contribution in [3.05, 3.63) is 124 Å². The summed E-state index contributed by atoms with van der Waals surface area (Å²) in [6.07, 6.45) is 1.44. The average molecular weight is 522 g/mol. The van der Waals surface area contributed by atoms with Gasteiger partial charge in [-0.25, -0.2) is 10.2 Å². The predicted molar refractivity (Wildman–Crippen MR) is 150 cm³/mol. The minimum atomic E-state index is -0.497. The fourth-order valence-corrected chi connectivity index (χ4v) is 3.66. The lowest BCUT2D eigenvalue weighted by atomic mass is 10.1. The molecule has 4 aromatic rings. The van der Waals surface area contributed by atoms with Gasteiger partial charge in [0.2, 0.25) is 0 Å².